The van der Waals surface area contributed by atoms with Crippen molar-refractivity contribution in [2.75, 3.05) is 26.2 Å². The minimum Gasteiger partial charge on any atom is -0.396 e. The second kappa shape index (κ2) is 8.61. The highest BCUT2D eigenvalue weighted by Crippen LogP contribution is 2.19. The molecule has 3 rings (SSSR count). The van der Waals surface area contributed by atoms with Crippen LogP contribution in [0, 0.1) is 6.92 Å². The molecular weight excluding hydrogens is 312 g/mol. The van der Waals surface area contributed by atoms with Crippen molar-refractivity contribution in [1.82, 2.24) is 19.6 Å². The molecule has 1 fully saturated rings. The van der Waals surface area contributed by atoms with Gasteiger partial charge in [-0.25, -0.2) is 0 Å². The highest BCUT2D eigenvalue weighted by molar-refractivity contribution is 5.17. The third-order valence-corrected chi connectivity index (χ3v) is 5.28. The zero-order valence-corrected chi connectivity index (χ0v) is 15.4. The molecular formula is C20H30N4O. The number of rotatable bonds is 7. The average Bonchev–Trinajstić information content (AvgIpc) is 2.98. The van der Waals surface area contributed by atoms with Gasteiger partial charge in [-0.15, -0.1) is 0 Å². The quantitative estimate of drug-likeness (QED) is 0.838. The minimum atomic E-state index is 0.247. The molecule has 1 unspecified atom stereocenters. The monoisotopic (exact) mass is 342 g/mol. The fourth-order valence-corrected chi connectivity index (χ4v) is 3.75. The van der Waals surface area contributed by atoms with Gasteiger partial charge in [-0.1, -0.05) is 30.3 Å². The molecule has 0 amide bonds. The maximum Gasteiger partial charge on any atom is 0.0537 e. The summed E-state index contributed by atoms with van der Waals surface area (Å²) in [6.45, 7) is 10.5. The van der Waals surface area contributed by atoms with Crippen LogP contribution in [0.5, 0.6) is 0 Å². The lowest BCUT2D eigenvalue weighted by Gasteiger charge is -2.41. The van der Waals surface area contributed by atoms with E-state index in [4.69, 9.17) is 0 Å². The first-order valence-electron chi connectivity index (χ1n) is 9.33. The number of nitrogens with zero attached hydrogens (tertiary/aromatic N) is 4. The number of aromatic nitrogens is 2. The van der Waals surface area contributed by atoms with Crippen LogP contribution in [0.4, 0.5) is 0 Å². The number of aliphatic hydroxyl groups excluding tert-OH is 1. The molecule has 1 aromatic carbocycles. The fourth-order valence-electron chi connectivity index (χ4n) is 3.75. The Bertz CT molecular complexity index is 655. The number of hydrogen-bond donors (Lipinski definition) is 1. The van der Waals surface area contributed by atoms with Crippen LogP contribution in [0.15, 0.2) is 36.5 Å². The molecule has 1 aliphatic heterocycles. The summed E-state index contributed by atoms with van der Waals surface area (Å²) in [5.41, 5.74) is 3.94. The van der Waals surface area contributed by atoms with E-state index in [1.165, 1.54) is 16.8 Å². The molecule has 136 valence electrons. The lowest BCUT2D eigenvalue weighted by molar-refractivity contribution is 0.0499. The van der Waals surface area contributed by atoms with E-state index in [-0.39, 0.29) is 6.61 Å². The molecule has 1 atom stereocenters. The van der Waals surface area contributed by atoms with Crippen LogP contribution >= 0.6 is 0 Å². The van der Waals surface area contributed by atoms with Crippen molar-refractivity contribution in [3.63, 3.8) is 0 Å². The first-order valence-corrected chi connectivity index (χ1v) is 9.33. The normalized spacial score (nSPS) is 19.4. The van der Waals surface area contributed by atoms with Crippen LogP contribution < -0.4 is 0 Å². The van der Waals surface area contributed by atoms with Crippen molar-refractivity contribution in [1.29, 1.82) is 0 Å². The van der Waals surface area contributed by atoms with Crippen molar-refractivity contribution < 1.29 is 5.11 Å². The van der Waals surface area contributed by atoms with Gasteiger partial charge in [0.15, 0.2) is 0 Å². The summed E-state index contributed by atoms with van der Waals surface area (Å²) in [6, 6.07) is 11.0. The van der Waals surface area contributed by atoms with Crippen LogP contribution in [0.2, 0.25) is 0 Å². The Morgan fingerprint density at radius 2 is 1.96 bits per heavy atom. The Balaban J connectivity index is 1.63. The molecule has 0 aliphatic carbocycles. The largest absolute Gasteiger partial charge is 0.396 e. The van der Waals surface area contributed by atoms with Gasteiger partial charge >= 0.3 is 0 Å². The summed E-state index contributed by atoms with van der Waals surface area (Å²) in [4.78, 5) is 5.02. The van der Waals surface area contributed by atoms with Crippen molar-refractivity contribution in [3.05, 3.63) is 53.3 Å². The van der Waals surface area contributed by atoms with E-state index in [1.807, 2.05) is 6.20 Å². The van der Waals surface area contributed by atoms with Crippen LogP contribution in [0.25, 0.3) is 0 Å². The lowest BCUT2D eigenvalue weighted by atomic mass is 10.1. The smallest absolute Gasteiger partial charge is 0.0537 e. The van der Waals surface area contributed by atoms with Gasteiger partial charge in [0.25, 0.3) is 0 Å². The van der Waals surface area contributed by atoms with E-state index in [1.54, 1.807) is 0 Å². The van der Waals surface area contributed by atoms with E-state index >= 15 is 0 Å². The second-order valence-corrected chi connectivity index (χ2v) is 6.93. The zero-order valence-electron chi connectivity index (χ0n) is 15.4. The van der Waals surface area contributed by atoms with Gasteiger partial charge in [-0.2, -0.15) is 5.10 Å². The van der Waals surface area contributed by atoms with Gasteiger partial charge in [0, 0.05) is 63.2 Å². The standard InChI is InChI=1S/C20H30N4O/c1-3-24-17(2)19(13-21-24)15-22-10-11-23(20(16-22)9-12-25)14-18-7-5-4-6-8-18/h4-8,13,20,25H,3,9-12,14-16H2,1-2H3. The van der Waals surface area contributed by atoms with Gasteiger partial charge in [-0.3, -0.25) is 14.5 Å². The lowest BCUT2D eigenvalue weighted by Crippen LogP contribution is -2.52. The van der Waals surface area contributed by atoms with Crippen LogP contribution in [0.3, 0.4) is 0 Å². The molecule has 25 heavy (non-hydrogen) atoms. The number of hydrogen-bond acceptors (Lipinski definition) is 4. The van der Waals surface area contributed by atoms with Gasteiger partial charge in [-0.05, 0) is 25.8 Å². The van der Waals surface area contributed by atoms with Gasteiger partial charge in [0.1, 0.15) is 0 Å². The summed E-state index contributed by atoms with van der Waals surface area (Å²) < 4.78 is 2.06. The highest BCUT2D eigenvalue weighted by Gasteiger charge is 2.27. The van der Waals surface area contributed by atoms with Crippen LogP contribution in [0.1, 0.15) is 30.2 Å². The van der Waals surface area contributed by atoms with E-state index in [2.05, 4.69) is 63.8 Å². The summed E-state index contributed by atoms with van der Waals surface area (Å²) in [5, 5.41) is 14.0. The second-order valence-electron chi connectivity index (χ2n) is 6.93. The van der Waals surface area contributed by atoms with Crippen molar-refractivity contribution in [2.24, 2.45) is 0 Å². The summed E-state index contributed by atoms with van der Waals surface area (Å²) >= 11 is 0. The van der Waals surface area contributed by atoms with Crippen molar-refractivity contribution in [3.8, 4) is 0 Å². The van der Waals surface area contributed by atoms with Gasteiger partial charge < -0.3 is 5.11 Å². The Hall–Kier alpha value is -1.69. The molecule has 0 radical (unpaired) electrons. The topological polar surface area (TPSA) is 44.5 Å². The Morgan fingerprint density at radius 3 is 2.64 bits per heavy atom. The number of benzene rings is 1. The molecule has 5 nitrogen and oxygen atoms in total. The molecule has 1 aliphatic rings. The zero-order chi connectivity index (χ0) is 17.6. The summed E-state index contributed by atoms with van der Waals surface area (Å²) in [7, 11) is 0. The van der Waals surface area contributed by atoms with Gasteiger partial charge in [0.05, 0.1) is 6.20 Å². The fraction of sp³-hybridized carbons (Fsp3) is 0.550. The first-order chi connectivity index (χ1) is 12.2. The average molecular weight is 342 g/mol. The Kier molecular flexibility index (Phi) is 6.24. The molecule has 5 heteroatoms. The molecule has 2 aromatic rings. The van der Waals surface area contributed by atoms with Crippen molar-refractivity contribution in [2.45, 2.75) is 45.9 Å². The summed E-state index contributed by atoms with van der Waals surface area (Å²) in [6.07, 6.45) is 2.84. The molecule has 1 N–H and O–H groups in total. The molecule has 0 bridgehead atoms. The predicted octanol–water partition coefficient (Wildman–Crippen LogP) is 2.28. The van der Waals surface area contributed by atoms with E-state index in [9.17, 15) is 5.11 Å². The third-order valence-electron chi connectivity index (χ3n) is 5.28. The minimum absolute atomic E-state index is 0.247. The summed E-state index contributed by atoms with van der Waals surface area (Å²) in [5.74, 6) is 0. The Morgan fingerprint density at radius 1 is 1.16 bits per heavy atom. The number of aliphatic hydroxyl groups is 1. The van der Waals surface area contributed by atoms with Crippen LogP contribution in [-0.4, -0.2) is 57.0 Å². The Labute approximate surface area is 150 Å². The van der Waals surface area contributed by atoms with E-state index < -0.39 is 0 Å². The maximum atomic E-state index is 9.50. The highest BCUT2D eigenvalue weighted by atomic mass is 16.3. The third kappa shape index (κ3) is 4.48. The van der Waals surface area contributed by atoms with Gasteiger partial charge in [0.2, 0.25) is 0 Å². The van der Waals surface area contributed by atoms with E-state index in [0.29, 0.717) is 6.04 Å². The first kappa shape index (κ1) is 18.1. The molecule has 2 heterocycles. The predicted molar refractivity (Wildman–Crippen MR) is 100 cm³/mol. The molecule has 1 saturated heterocycles. The van der Waals surface area contributed by atoms with Crippen molar-refractivity contribution >= 4 is 0 Å². The number of aryl methyl sites for hydroxylation is 1. The number of piperazine rings is 1. The molecule has 1 aromatic heterocycles. The molecule has 0 spiro atoms. The SMILES string of the molecule is CCn1ncc(CN2CCN(Cc3ccccc3)C(CCO)C2)c1C. The van der Waals surface area contributed by atoms with Crippen LogP contribution in [-0.2, 0) is 19.6 Å². The maximum absolute atomic E-state index is 9.50. The van der Waals surface area contributed by atoms with E-state index in [0.717, 1.165) is 45.7 Å². The molecule has 0 saturated carbocycles.